The topological polar surface area (TPSA) is 144 Å². The number of piperidine rings is 1. The summed E-state index contributed by atoms with van der Waals surface area (Å²) in [5.74, 6) is -0.915. The minimum absolute atomic E-state index is 0.181. The maximum atomic E-state index is 12.7. The van der Waals surface area contributed by atoms with Gasteiger partial charge in [-0.2, -0.15) is 0 Å². The van der Waals surface area contributed by atoms with Crippen molar-refractivity contribution in [2.75, 3.05) is 26.2 Å². The first-order valence-corrected chi connectivity index (χ1v) is 16.9. The Bertz CT molecular complexity index is 1210. The van der Waals surface area contributed by atoms with Crippen molar-refractivity contribution in [3.8, 4) is 0 Å². The number of rotatable bonds is 20. The summed E-state index contributed by atoms with van der Waals surface area (Å²) in [6.45, 7) is 4.16. The van der Waals surface area contributed by atoms with Crippen LogP contribution in [0.4, 0.5) is 9.59 Å². The summed E-state index contributed by atoms with van der Waals surface area (Å²) in [7, 11) is 0. The normalized spacial score (nSPS) is 14.5. The SMILES string of the molecule is CCOC(=O)[C@H](CCCCCC1CCN(C(=O)OCc2ccccc2)CC1)N[C@@H](CCCCNC(=O)OCc1ccccc1)C(=O)O. The minimum atomic E-state index is -1.02. The van der Waals surface area contributed by atoms with Crippen molar-refractivity contribution in [1.29, 1.82) is 0 Å². The molecule has 0 unspecified atom stereocenters. The van der Waals surface area contributed by atoms with Crippen LogP contribution in [0.3, 0.4) is 0 Å². The van der Waals surface area contributed by atoms with Gasteiger partial charge in [0.1, 0.15) is 25.3 Å². The van der Waals surface area contributed by atoms with E-state index < -0.39 is 30.1 Å². The Hall–Kier alpha value is -4.12. The van der Waals surface area contributed by atoms with Gasteiger partial charge in [-0.15, -0.1) is 0 Å². The van der Waals surface area contributed by atoms with Crippen molar-refractivity contribution >= 4 is 24.1 Å². The number of benzene rings is 2. The molecule has 0 bridgehead atoms. The van der Waals surface area contributed by atoms with Crippen molar-refractivity contribution in [2.45, 2.75) is 96.4 Å². The molecule has 2 aromatic rings. The predicted molar refractivity (Wildman–Crippen MR) is 177 cm³/mol. The molecule has 2 atom stereocenters. The molecule has 0 aromatic heterocycles. The molecule has 3 rings (SSSR count). The van der Waals surface area contributed by atoms with Crippen LogP contribution in [-0.4, -0.2) is 72.5 Å². The number of carbonyl (C=O) groups is 4. The third kappa shape index (κ3) is 14.9. The van der Waals surface area contributed by atoms with Crippen molar-refractivity contribution in [3.63, 3.8) is 0 Å². The molecule has 0 aliphatic carbocycles. The highest BCUT2D eigenvalue weighted by Crippen LogP contribution is 2.24. The maximum absolute atomic E-state index is 12.7. The zero-order valence-corrected chi connectivity index (χ0v) is 27.6. The molecule has 258 valence electrons. The lowest BCUT2D eigenvalue weighted by atomic mass is 9.91. The van der Waals surface area contributed by atoms with Gasteiger partial charge in [-0.25, -0.2) is 9.59 Å². The standard InChI is InChI=1S/C36H51N3O8/c1-2-45-34(42)32(38-31(33(40)41)19-12-13-23-37-35(43)46-26-29-15-7-3-8-16-29)20-11-5-6-14-28-21-24-39(25-22-28)36(44)47-27-30-17-9-4-10-18-30/h3-4,7-10,15-18,28,31-32,38H,2,5-6,11-14,19-27H2,1H3,(H,37,43)(H,40,41)/t31-,32-/m0/s1. The fourth-order valence-electron chi connectivity index (χ4n) is 5.64. The largest absolute Gasteiger partial charge is 0.480 e. The third-order valence-electron chi connectivity index (χ3n) is 8.36. The number of nitrogens with zero attached hydrogens (tertiary/aromatic N) is 1. The number of nitrogens with one attached hydrogen (secondary N) is 2. The van der Waals surface area contributed by atoms with Crippen LogP contribution in [0.2, 0.25) is 0 Å². The lowest BCUT2D eigenvalue weighted by molar-refractivity contribution is -0.147. The molecule has 11 heteroatoms. The van der Waals surface area contributed by atoms with Gasteiger partial charge in [0.15, 0.2) is 0 Å². The molecule has 0 radical (unpaired) electrons. The van der Waals surface area contributed by atoms with Crippen LogP contribution >= 0.6 is 0 Å². The Morgan fingerprint density at radius 3 is 2.00 bits per heavy atom. The van der Waals surface area contributed by atoms with Crippen LogP contribution in [0.5, 0.6) is 0 Å². The summed E-state index contributed by atoms with van der Waals surface area (Å²) in [6.07, 6.45) is 6.76. The highest BCUT2D eigenvalue weighted by Gasteiger charge is 2.27. The van der Waals surface area contributed by atoms with Gasteiger partial charge >= 0.3 is 24.1 Å². The van der Waals surface area contributed by atoms with Gasteiger partial charge in [-0.05, 0) is 62.5 Å². The van der Waals surface area contributed by atoms with Gasteiger partial charge in [0.05, 0.1) is 6.61 Å². The van der Waals surface area contributed by atoms with Crippen LogP contribution in [0.25, 0.3) is 0 Å². The monoisotopic (exact) mass is 653 g/mol. The average Bonchev–Trinajstić information content (AvgIpc) is 3.09. The quantitative estimate of drug-likeness (QED) is 0.0883. The van der Waals surface area contributed by atoms with E-state index in [0.717, 1.165) is 49.7 Å². The van der Waals surface area contributed by atoms with E-state index in [0.29, 0.717) is 51.2 Å². The number of ether oxygens (including phenoxy) is 3. The van der Waals surface area contributed by atoms with Crippen molar-refractivity contribution in [2.24, 2.45) is 5.92 Å². The van der Waals surface area contributed by atoms with E-state index in [4.69, 9.17) is 14.2 Å². The number of hydrogen-bond donors (Lipinski definition) is 3. The second-order valence-electron chi connectivity index (χ2n) is 12.0. The van der Waals surface area contributed by atoms with Crippen molar-refractivity contribution in [3.05, 3.63) is 71.8 Å². The molecule has 0 spiro atoms. The van der Waals surface area contributed by atoms with Gasteiger partial charge in [-0.1, -0.05) is 86.3 Å². The van der Waals surface area contributed by atoms with E-state index in [9.17, 15) is 24.3 Å². The minimum Gasteiger partial charge on any atom is -0.480 e. The Labute approximate surface area is 278 Å². The fourth-order valence-corrected chi connectivity index (χ4v) is 5.64. The Kier molecular flexibility index (Phi) is 17.2. The highest BCUT2D eigenvalue weighted by molar-refractivity contribution is 5.78. The van der Waals surface area contributed by atoms with Crippen molar-refractivity contribution < 1.29 is 38.5 Å². The molecule has 11 nitrogen and oxygen atoms in total. The molecule has 2 aromatic carbocycles. The lowest BCUT2D eigenvalue weighted by Crippen LogP contribution is -2.47. The van der Waals surface area contributed by atoms with Crippen LogP contribution in [0, 0.1) is 5.92 Å². The molecule has 3 N–H and O–H groups in total. The highest BCUT2D eigenvalue weighted by atomic mass is 16.6. The number of carboxylic acid groups (broad SMARTS) is 1. The zero-order valence-electron chi connectivity index (χ0n) is 27.6. The number of likely N-dealkylation sites (tertiary alicyclic amines) is 1. The van der Waals surface area contributed by atoms with Crippen LogP contribution in [0.1, 0.15) is 82.3 Å². The predicted octanol–water partition coefficient (Wildman–Crippen LogP) is 6.06. The van der Waals surface area contributed by atoms with E-state index in [-0.39, 0.29) is 25.9 Å². The van der Waals surface area contributed by atoms with Crippen LogP contribution in [0.15, 0.2) is 60.7 Å². The first kappa shape index (κ1) is 37.3. The lowest BCUT2D eigenvalue weighted by Gasteiger charge is -2.31. The molecule has 1 saturated heterocycles. The van der Waals surface area contributed by atoms with Gasteiger partial charge in [0, 0.05) is 19.6 Å². The van der Waals surface area contributed by atoms with E-state index in [1.807, 2.05) is 60.7 Å². The van der Waals surface area contributed by atoms with E-state index in [2.05, 4.69) is 10.6 Å². The second-order valence-corrected chi connectivity index (χ2v) is 12.0. The molecular formula is C36H51N3O8. The summed E-state index contributed by atoms with van der Waals surface area (Å²) >= 11 is 0. The summed E-state index contributed by atoms with van der Waals surface area (Å²) in [5.41, 5.74) is 1.86. The first-order chi connectivity index (χ1) is 22.9. The fraction of sp³-hybridized carbons (Fsp3) is 0.556. The van der Waals surface area contributed by atoms with Crippen LogP contribution in [-0.2, 0) is 37.0 Å². The smallest absolute Gasteiger partial charge is 0.410 e. The molecule has 1 aliphatic heterocycles. The molecular weight excluding hydrogens is 602 g/mol. The first-order valence-electron chi connectivity index (χ1n) is 16.9. The van der Waals surface area contributed by atoms with Crippen LogP contribution < -0.4 is 10.6 Å². The average molecular weight is 654 g/mol. The number of unbranched alkanes of at least 4 members (excludes halogenated alkanes) is 3. The second kappa shape index (κ2) is 21.6. The van der Waals surface area contributed by atoms with Gasteiger partial charge in [0.2, 0.25) is 0 Å². The summed E-state index contributed by atoms with van der Waals surface area (Å²) < 4.78 is 15.9. The summed E-state index contributed by atoms with van der Waals surface area (Å²) in [6, 6.07) is 17.4. The number of carboxylic acids is 1. The maximum Gasteiger partial charge on any atom is 0.410 e. The van der Waals surface area contributed by atoms with Crippen molar-refractivity contribution in [1.82, 2.24) is 15.5 Å². The van der Waals surface area contributed by atoms with E-state index in [1.165, 1.54) is 0 Å². The number of amides is 2. The van der Waals surface area contributed by atoms with E-state index in [1.54, 1.807) is 11.8 Å². The molecule has 1 fully saturated rings. The van der Waals surface area contributed by atoms with E-state index >= 15 is 0 Å². The molecule has 1 aliphatic rings. The number of alkyl carbamates (subject to hydrolysis) is 1. The molecule has 1 heterocycles. The number of esters is 1. The number of aliphatic carboxylic acids is 1. The molecule has 47 heavy (non-hydrogen) atoms. The number of hydrogen-bond acceptors (Lipinski definition) is 8. The Balaban J connectivity index is 1.29. The Morgan fingerprint density at radius 1 is 0.787 bits per heavy atom. The number of carbonyl (C=O) groups excluding carboxylic acids is 3. The molecule has 0 saturated carbocycles. The van der Waals surface area contributed by atoms with Gasteiger partial charge < -0.3 is 29.5 Å². The summed E-state index contributed by atoms with van der Waals surface area (Å²) in [5, 5.41) is 15.5. The molecule has 2 amide bonds. The Morgan fingerprint density at radius 2 is 1.38 bits per heavy atom. The van der Waals surface area contributed by atoms with Gasteiger partial charge in [-0.3, -0.25) is 14.9 Å². The van der Waals surface area contributed by atoms with Gasteiger partial charge in [0.25, 0.3) is 0 Å². The summed E-state index contributed by atoms with van der Waals surface area (Å²) in [4.78, 5) is 50.8. The third-order valence-corrected chi connectivity index (χ3v) is 8.36. The zero-order chi connectivity index (χ0) is 33.7.